The quantitative estimate of drug-likeness (QED) is 0.604. The van der Waals surface area contributed by atoms with Crippen LogP contribution in [0.15, 0.2) is 0 Å². The summed E-state index contributed by atoms with van der Waals surface area (Å²) in [5, 5.41) is 0. The molecule has 1 rings (SSSR count). The molecule has 0 aromatic heterocycles. The molecule has 0 N–H and O–H groups in total. The van der Waals surface area contributed by atoms with Crippen LogP contribution in [-0.4, -0.2) is 38.9 Å². The van der Waals surface area contributed by atoms with Crippen molar-refractivity contribution in [1.82, 2.24) is 0 Å². The van der Waals surface area contributed by atoms with Crippen molar-refractivity contribution in [2.45, 2.75) is 24.9 Å². The van der Waals surface area contributed by atoms with Gasteiger partial charge in [0.15, 0.2) is 6.29 Å². The van der Waals surface area contributed by atoms with Gasteiger partial charge < -0.3 is 9.53 Å². The fourth-order valence-corrected chi connectivity index (χ4v) is 2.96. The smallest absolute Gasteiger partial charge is 0.151 e. The molecule has 0 radical (unpaired) electrons. The molecule has 1 saturated heterocycles. The van der Waals surface area contributed by atoms with Gasteiger partial charge in [0.2, 0.25) is 0 Å². The molecule has 0 saturated carbocycles. The van der Waals surface area contributed by atoms with Crippen LogP contribution in [-0.2, 0) is 19.4 Å². The Balaban J connectivity index is 2.79. The molecule has 1 atom stereocenters. The van der Waals surface area contributed by atoms with Crippen LogP contribution in [0.5, 0.6) is 0 Å². The van der Waals surface area contributed by atoms with E-state index in [0.717, 1.165) is 6.29 Å². The number of carbonyl (C=O) groups excluding carboxylic acids is 1. The van der Waals surface area contributed by atoms with E-state index in [0.29, 0.717) is 12.8 Å². The summed E-state index contributed by atoms with van der Waals surface area (Å²) < 4.78 is 27.5. The lowest BCUT2D eigenvalue weighted by Crippen LogP contribution is -2.33. The van der Waals surface area contributed by atoms with E-state index >= 15 is 0 Å². The second kappa shape index (κ2) is 3.75. The van der Waals surface area contributed by atoms with Crippen LogP contribution in [0.2, 0.25) is 0 Å². The van der Waals surface area contributed by atoms with E-state index in [4.69, 9.17) is 4.74 Å². The van der Waals surface area contributed by atoms with Crippen LogP contribution in [0.25, 0.3) is 0 Å². The molecule has 1 fully saturated rings. The first-order chi connectivity index (χ1) is 6.04. The van der Waals surface area contributed by atoms with Gasteiger partial charge in [0.1, 0.15) is 15.4 Å². The summed E-state index contributed by atoms with van der Waals surface area (Å²) in [4.78, 5) is 10.8. The zero-order valence-electron chi connectivity index (χ0n) is 7.65. The van der Waals surface area contributed by atoms with Gasteiger partial charge in [-0.3, -0.25) is 0 Å². The molecule has 0 spiro atoms. The number of hydrogen-bond donors (Lipinski definition) is 0. The molecule has 0 bridgehead atoms. The van der Waals surface area contributed by atoms with Gasteiger partial charge in [-0.2, -0.15) is 0 Å². The molecule has 0 aliphatic carbocycles. The second-order valence-corrected chi connectivity index (χ2v) is 5.70. The Morgan fingerprint density at radius 2 is 2.00 bits per heavy atom. The Labute approximate surface area is 78.2 Å². The van der Waals surface area contributed by atoms with E-state index in [2.05, 4.69) is 0 Å². The second-order valence-electron chi connectivity index (χ2n) is 3.39. The normalized spacial score (nSPS) is 33.6. The number of rotatable bonds is 2. The predicted octanol–water partition coefficient (Wildman–Crippen LogP) is 0.169. The largest absolute Gasteiger partial charge is 0.371 e. The third-order valence-corrected chi connectivity index (χ3v) is 4.25. The molecule has 0 aromatic rings. The maximum Gasteiger partial charge on any atom is 0.151 e. The number of methoxy groups -OCH3 is 1. The van der Waals surface area contributed by atoms with Gasteiger partial charge in [-0.25, -0.2) is 8.42 Å². The molecule has 1 aliphatic heterocycles. The highest BCUT2D eigenvalue weighted by molar-refractivity contribution is 7.91. The van der Waals surface area contributed by atoms with Crippen molar-refractivity contribution in [3.63, 3.8) is 0 Å². The summed E-state index contributed by atoms with van der Waals surface area (Å²) in [6, 6.07) is 0. The summed E-state index contributed by atoms with van der Waals surface area (Å²) in [6.45, 7) is 0. The van der Waals surface area contributed by atoms with Gasteiger partial charge in [0.25, 0.3) is 0 Å². The molecule has 1 unspecified atom stereocenters. The van der Waals surface area contributed by atoms with Crippen LogP contribution in [0, 0.1) is 0 Å². The third-order valence-electron chi connectivity index (χ3n) is 2.51. The Kier molecular flexibility index (Phi) is 3.08. The first kappa shape index (κ1) is 10.7. The van der Waals surface area contributed by atoms with E-state index in [1.165, 1.54) is 7.11 Å². The maximum atomic E-state index is 11.2. The van der Waals surface area contributed by atoms with Crippen molar-refractivity contribution in [2.75, 3.05) is 18.6 Å². The summed E-state index contributed by atoms with van der Waals surface area (Å²) in [5.74, 6) is 0.228. The molecule has 1 aliphatic rings. The van der Waals surface area contributed by atoms with Crippen molar-refractivity contribution in [1.29, 1.82) is 0 Å². The van der Waals surface area contributed by atoms with Crippen LogP contribution in [0.1, 0.15) is 19.3 Å². The van der Waals surface area contributed by atoms with E-state index in [9.17, 15) is 13.2 Å². The van der Waals surface area contributed by atoms with Crippen LogP contribution in [0.3, 0.4) is 0 Å². The summed E-state index contributed by atoms with van der Waals surface area (Å²) in [7, 11) is -1.50. The lowest BCUT2D eigenvalue weighted by molar-refractivity contribution is -0.128. The molecular formula is C8H14O4S. The molecule has 76 valence electrons. The SMILES string of the molecule is COC1(C=O)CCCS(=O)(=O)CC1. The number of aldehydes is 1. The molecule has 0 amide bonds. The zero-order valence-corrected chi connectivity index (χ0v) is 8.47. The summed E-state index contributed by atoms with van der Waals surface area (Å²) in [6.07, 6.45) is 2.03. The molecule has 4 nitrogen and oxygen atoms in total. The highest BCUT2D eigenvalue weighted by atomic mass is 32.2. The van der Waals surface area contributed by atoms with Gasteiger partial charge in [-0.1, -0.05) is 0 Å². The monoisotopic (exact) mass is 206 g/mol. The van der Waals surface area contributed by atoms with E-state index in [-0.39, 0.29) is 17.9 Å². The molecule has 13 heavy (non-hydrogen) atoms. The van der Waals surface area contributed by atoms with E-state index < -0.39 is 15.4 Å². The van der Waals surface area contributed by atoms with Crippen LogP contribution in [0.4, 0.5) is 0 Å². The van der Waals surface area contributed by atoms with Crippen molar-refractivity contribution in [3.8, 4) is 0 Å². The van der Waals surface area contributed by atoms with Gasteiger partial charge in [-0.05, 0) is 19.3 Å². The average molecular weight is 206 g/mol. The van der Waals surface area contributed by atoms with E-state index in [1.54, 1.807) is 0 Å². The summed E-state index contributed by atoms with van der Waals surface area (Å²) in [5.41, 5.74) is -0.858. The van der Waals surface area contributed by atoms with Gasteiger partial charge in [0.05, 0.1) is 11.5 Å². The van der Waals surface area contributed by atoms with Gasteiger partial charge in [0, 0.05) is 7.11 Å². The van der Waals surface area contributed by atoms with Gasteiger partial charge in [-0.15, -0.1) is 0 Å². The molecule has 1 heterocycles. The minimum atomic E-state index is -2.95. The van der Waals surface area contributed by atoms with Crippen molar-refractivity contribution >= 4 is 16.1 Å². The van der Waals surface area contributed by atoms with E-state index in [1.807, 2.05) is 0 Å². The molecule has 5 heteroatoms. The Hall–Kier alpha value is -0.420. The number of carbonyl (C=O) groups is 1. The summed E-state index contributed by atoms with van der Waals surface area (Å²) >= 11 is 0. The molecular weight excluding hydrogens is 192 g/mol. The highest BCUT2D eigenvalue weighted by Gasteiger charge is 2.34. The topological polar surface area (TPSA) is 60.4 Å². The maximum absolute atomic E-state index is 11.2. The Morgan fingerprint density at radius 3 is 2.54 bits per heavy atom. The Bertz CT molecular complexity index is 283. The Morgan fingerprint density at radius 1 is 1.31 bits per heavy atom. The first-order valence-corrected chi connectivity index (χ1v) is 6.08. The minimum Gasteiger partial charge on any atom is -0.371 e. The van der Waals surface area contributed by atoms with Crippen molar-refractivity contribution in [3.05, 3.63) is 0 Å². The average Bonchev–Trinajstić information content (AvgIpc) is 2.25. The van der Waals surface area contributed by atoms with Crippen molar-refractivity contribution in [2.24, 2.45) is 0 Å². The third kappa shape index (κ3) is 2.51. The van der Waals surface area contributed by atoms with Gasteiger partial charge >= 0.3 is 0 Å². The minimum absolute atomic E-state index is 0.0551. The number of ether oxygens (including phenoxy) is 1. The highest BCUT2D eigenvalue weighted by Crippen LogP contribution is 2.24. The lowest BCUT2D eigenvalue weighted by Gasteiger charge is -2.23. The van der Waals surface area contributed by atoms with Crippen molar-refractivity contribution < 1.29 is 17.9 Å². The fourth-order valence-electron chi connectivity index (χ4n) is 1.52. The zero-order chi connectivity index (χ0) is 9.95. The fraction of sp³-hybridized carbons (Fsp3) is 0.875. The number of hydrogen-bond acceptors (Lipinski definition) is 4. The molecule has 0 aromatic carbocycles. The number of sulfone groups is 1. The van der Waals surface area contributed by atoms with Crippen LogP contribution >= 0.6 is 0 Å². The first-order valence-electron chi connectivity index (χ1n) is 4.25. The van der Waals surface area contributed by atoms with Crippen LogP contribution < -0.4 is 0 Å². The lowest BCUT2D eigenvalue weighted by atomic mass is 9.97. The predicted molar refractivity (Wildman–Crippen MR) is 48.3 cm³/mol. The standard InChI is InChI=1S/C8H14O4S/c1-12-8(7-9)3-2-5-13(10,11)6-4-8/h7H,2-6H2,1H3.